The van der Waals surface area contributed by atoms with Gasteiger partial charge in [0.25, 0.3) is 5.91 Å². The van der Waals surface area contributed by atoms with Gasteiger partial charge in [-0.1, -0.05) is 30.3 Å². The first kappa shape index (κ1) is 19.4. The topological polar surface area (TPSA) is 90.1 Å². The predicted octanol–water partition coefficient (Wildman–Crippen LogP) is 3.19. The Morgan fingerprint density at radius 2 is 1.85 bits per heavy atom. The molecule has 3 rings (SSSR count). The van der Waals surface area contributed by atoms with Crippen molar-refractivity contribution in [3.8, 4) is 5.88 Å². The largest absolute Gasteiger partial charge is 0.473 e. The molecule has 0 unspecified atom stereocenters. The molecule has 1 aromatic heterocycles. The number of carbonyl (C=O) groups is 1. The number of aromatic nitrogens is 2. The van der Waals surface area contributed by atoms with E-state index in [-0.39, 0.29) is 18.3 Å². The molecular weight excluding hydrogens is 352 g/mol. The molecule has 7 heteroatoms. The van der Waals surface area contributed by atoms with Crippen molar-refractivity contribution >= 4 is 24.0 Å². The van der Waals surface area contributed by atoms with E-state index in [1.165, 1.54) is 6.33 Å². The van der Waals surface area contributed by atoms with E-state index in [2.05, 4.69) is 15.3 Å². The van der Waals surface area contributed by atoms with Crippen LogP contribution < -0.4 is 15.8 Å². The first-order valence-corrected chi connectivity index (χ1v) is 7.84. The molecule has 0 saturated carbocycles. The van der Waals surface area contributed by atoms with Gasteiger partial charge in [-0.05, 0) is 29.8 Å². The van der Waals surface area contributed by atoms with E-state index >= 15 is 0 Å². The summed E-state index contributed by atoms with van der Waals surface area (Å²) in [6, 6.07) is 18.3. The Hall–Kier alpha value is -2.96. The Kier molecular flexibility index (Phi) is 7.08. The first-order chi connectivity index (χ1) is 12.2. The number of nitrogens with zero attached hydrogens (tertiary/aromatic N) is 2. The average molecular weight is 371 g/mol. The van der Waals surface area contributed by atoms with Gasteiger partial charge in [-0.2, -0.15) is 0 Å². The van der Waals surface area contributed by atoms with Crippen LogP contribution in [0.3, 0.4) is 0 Å². The van der Waals surface area contributed by atoms with Crippen LogP contribution in [0.25, 0.3) is 0 Å². The van der Waals surface area contributed by atoms with Gasteiger partial charge in [0, 0.05) is 23.9 Å². The molecule has 26 heavy (non-hydrogen) atoms. The third-order valence-electron chi connectivity index (χ3n) is 3.52. The van der Waals surface area contributed by atoms with E-state index in [1.54, 1.807) is 18.2 Å². The van der Waals surface area contributed by atoms with Crippen LogP contribution in [0, 0.1) is 0 Å². The monoisotopic (exact) mass is 370 g/mol. The van der Waals surface area contributed by atoms with E-state index in [9.17, 15) is 4.79 Å². The van der Waals surface area contributed by atoms with Gasteiger partial charge in [0.15, 0.2) is 0 Å². The lowest BCUT2D eigenvalue weighted by Crippen LogP contribution is -2.12. The lowest BCUT2D eigenvalue weighted by molar-refractivity contribution is 0.102. The summed E-state index contributed by atoms with van der Waals surface area (Å²) >= 11 is 0. The number of para-hydroxylation sites is 1. The molecule has 0 spiro atoms. The maximum Gasteiger partial charge on any atom is 0.255 e. The third kappa shape index (κ3) is 5.27. The molecule has 6 nitrogen and oxygen atoms in total. The van der Waals surface area contributed by atoms with E-state index in [0.717, 1.165) is 11.3 Å². The summed E-state index contributed by atoms with van der Waals surface area (Å²) in [5.41, 5.74) is 8.45. The molecule has 0 fully saturated rings. The van der Waals surface area contributed by atoms with Gasteiger partial charge < -0.3 is 15.8 Å². The molecule has 3 N–H and O–H groups in total. The number of halogens is 1. The Morgan fingerprint density at radius 3 is 2.62 bits per heavy atom. The molecule has 0 atom stereocenters. The van der Waals surface area contributed by atoms with Crippen LogP contribution in [-0.4, -0.2) is 15.9 Å². The normalized spacial score (nSPS) is 9.88. The highest BCUT2D eigenvalue weighted by Gasteiger charge is 2.07. The summed E-state index contributed by atoms with van der Waals surface area (Å²) in [6.07, 6.45) is 1.42. The maximum absolute atomic E-state index is 12.3. The minimum atomic E-state index is -0.166. The number of carbonyl (C=O) groups excluding carboxylic acids is 1. The Balaban J connectivity index is 0.00000243. The summed E-state index contributed by atoms with van der Waals surface area (Å²) in [5, 5.41) is 2.86. The molecule has 0 bridgehead atoms. The van der Waals surface area contributed by atoms with E-state index < -0.39 is 0 Å². The number of benzene rings is 2. The van der Waals surface area contributed by atoms with Crippen LogP contribution in [-0.2, 0) is 13.2 Å². The van der Waals surface area contributed by atoms with Crippen molar-refractivity contribution in [1.29, 1.82) is 0 Å². The van der Waals surface area contributed by atoms with Crippen LogP contribution in [0.4, 0.5) is 5.69 Å². The number of hydrogen-bond acceptors (Lipinski definition) is 5. The first-order valence-electron chi connectivity index (χ1n) is 7.84. The lowest BCUT2D eigenvalue weighted by atomic mass is 10.1. The minimum absolute atomic E-state index is 0. The molecule has 0 saturated heterocycles. The smallest absolute Gasteiger partial charge is 0.255 e. The molecule has 134 valence electrons. The molecule has 0 aliphatic heterocycles. The van der Waals surface area contributed by atoms with Crippen molar-refractivity contribution in [3.63, 3.8) is 0 Å². The summed E-state index contributed by atoms with van der Waals surface area (Å²) in [6.45, 7) is 0.626. The second-order valence-corrected chi connectivity index (χ2v) is 5.36. The third-order valence-corrected chi connectivity index (χ3v) is 3.52. The number of anilines is 1. The molecular formula is C19H19ClN4O2. The van der Waals surface area contributed by atoms with Gasteiger partial charge in [0.05, 0.1) is 5.69 Å². The van der Waals surface area contributed by atoms with E-state index in [4.69, 9.17) is 10.5 Å². The van der Waals surface area contributed by atoms with Crippen molar-refractivity contribution in [1.82, 2.24) is 9.97 Å². The number of nitrogens with one attached hydrogen (secondary N) is 1. The fraction of sp³-hybridized carbons (Fsp3) is 0.105. The number of amides is 1. The zero-order valence-corrected chi connectivity index (χ0v) is 14.8. The quantitative estimate of drug-likeness (QED) is 0.695. The molecule has 1 amide bonds. The van der Waals surface area contributed by atoms with Crippen LogP contribution in [0.2, 0.25) is 0 Å². The van der Waals surface area contributed by atoms with Gasteiger partial charge in [0.2, 0.25) is 5.88 Å². The number of hydrogen-bond donors (Lipinski definition) is 2. The van der Waals surface area contributed by atoms with Crippen LogP contribution in [0.5, 0.6) is 5.88 Å². The standard InChI is InChI=1S/C19H18N4O2.ClH/c20-11-17-10-18(22-13-21-17)25-12-14-5-4-6-15(9-14)19(24)23-16-7-2-1-3-8-16;/h1-10,13H,11-12,20H2,(H,23,24);1H. The Morgan fingerprint density at radius 1 is 1.04 bits per heavy atom. The number of ether oxygens (including phenoxy) is 1. The van der Waals surface area contributed by atoms with Crippen molar-refractivity contribution < 1.29 is 9.53 Å². The minimum Gasteiger partial charge on any atom is -0.473 e. The zero-order chi connectivity index (χ0) is 17.5. The van der Waals surface area contributed by atoms with Crippen LogP contribution in [0.1, 0.15) is 21.6 Å². The fourth-order valence-corrected chi connectivity index (χ4v) is 2.25. The van der Waals surface area contributed by atoms with Gasteiger partial charge in [-0.15, -0.1) is 12.4 Å². The second kappa shape index (κ2) is 9.50. The fourth-order valence-electron chi connectivity index (χ4n) is 2.25. The summed E-state index contributed by atoms with van der Waals surface area (Å²) in [5.74, 6) is 0.287. The second-order valence-electron chi connectivity index (χ2n) is 5.36. The highest BCUT2D eigenvalue weighted by atomic mass is 35.5. The number of nitrogens with two attached hydrogens (primary N) is 1. The highest BCUT2D eigenvalue weighted by molar-refractivity contribution is 6.04. The zero-order valence-electron chi connectivity index (χ0n) is 14.0. The molecule has 1 heterocycles. The lowest BCUT2D eigenvalue weighted by Gasteiger charge is -2.08. The maximum atomic E-state index is 12.3. The Labute approximate surface area is 157 Å². The van der Waals surface area contributed by atoms with Gasteiger partial charge in [0.1, 0.15) is 12.9 Å². The van der Waals surface area contributed by atoms with Crippen molar-refractivity contribution in [2.45, 2.75) is 13.2 Å². The van der Waals surface area contributed by atoms with Gasteiger partial charge in [-0.3, -0.25) is 4.79 Å². The average Bonchev–Trinajstić information content (AvgIpc) is 2.67. The van der Waals surface area contributed by atoms with Crippen molar-refractivity contribution in [3.05, 3.63) is 83.8 Å². The number of rotatable bonds is 6. The molecule has 0 aliphatic carbocycles. The molecule has 0 aliphatic rings. The molecule has 3 aromatic rings. The predicted molar refractivity (Wildman–Crippen MR) is 102 cm³/mol. The van der Waals surface area contributed by atoms with Crippen LogP contribution in [0.15, 0.2) is 67.0 Å². The van der Waals surface area contributed by atoms with E-state index in [0.29, 0.717) is 30.3 Å². The summed E-state index contributed by atoms with van der Waals surface area (Å²) in [4.78, 5) is 20.4. The molecule has 2 aromatic carbocycles. The summed E-state index contributed by atoms with van der Waals surface area (Å²) in [7, 11) is 0. The van der Waals surface area contributed by atoms with Gasteiger partial charge in [-0.25, -0.2) is 9.97 Å². The Bertz CT molecular complexity index is 859. The van der Waals surface area contributed by atoms with E-state index in [1.807, 2.05) is 42.5 Å². The highest BCUT2D eigenvalue weighted by Crippen LogP contribution is 2.13. The van der Waals surface area contributed by atoms with Gasteiger partial charge >= 0.3 is 0 Å². The summed E-state index contributed by atoms with van der Waals surface area (Å²) < 4.78 is 5.65. The van der Waals surface area contributed by atoms with Crippen molar-refractivity contribution in [2.75, 3.05) is 5.32 Å². The van der Waals surface area contributed by atoms with Crippen LogP contribution >= 0.6 is 12.4 Å². The molecule has 0 radical (unpaired) electrons. The van der Waals surface area contributed by atoms with Crippen molar-refractivity contribution in [2.24, 2.45) is 5.73 Å². The SMILES string of the molecule is Cl.NCc1cc(OCc2cccc(C(=O)Nc3ccccc3)c2)ncn1.